The van der Waals surface area contributed by atoms with Crippen molar-refractivity contribution < 1.29 is 9.90 Å². The minimum atomic E-state index is -0.833. The first-order valence-corrected chi connectivity index (χ1v) is 6.03. The lowest BCUT2D eigenvalue weighted by atomic mass is 10.3. The van der Waals surface area contributed by atoms with Crippen LogP contribution in [0.15, 0.2) is 23.2 Å². The molecular formula is C11H16Cl2N4O2. The number of guanidine groups is 1. The quantitative estimate of drug-likeness (QED) is 0.384. The molecule has 0 aromatic heterocycles. The normalized spacial score (nSPS) is 9.00. The van der Waals surface area contributed by atoms with E-state index < -0.39 is 5.97 Å². The number of benzene rings is 1. The van der Waals surface area contributed by atoms with Crippen LogP contribution in [0.25, 0.3) is 0 Å². The number of aliphatic carboxylic acids is 1. The molecule has 0 saturated heterocycles. The van der Waals surface area contributed by atoms with Crippen molar-refractivity contribution in [1.29, 1.82) is 0 Å². The van der Waals surface area contributed by atoms with Crippen molar-refractivity contribution in [3.05, 3.63) is 28.2 Å². The Hall–Kier alpha value is -1.66. The summed E-state index contributed by atoms with van der Waals surface area (Å²) in [6.45, 7) is 2.13. The van der Waals surface area contributed by atoms with Crippen molar-refractivity contribution in [3.63, 3.8) is 0 Å². The van der Waals surface area contributed by atoms with E-state index in [-0.39, 0.29) is 5.96 Å². The van der Waals surface area contributed by atoms with Crippen molar-refractivity contribution >= 4 is 40.8 Å². The Morgan fingerprint density at radius 1 is 1.37 bits per heavy atom. The molecule has 0 unspecified atom stereocenters. The molecule has 0 aliphatic rings. The molecule has 0 saturated carbocycles. The van der Waals surface area contributed by atoms with Gasteiger partial charge in [-0.3, -0.25) is 9.79 Å². The lowest BCUT2D eigenvalue weighted by molar-refractivity contribution is -0.134. The Morgan fingerprint density at radius 2 is 1.84 bits per heavy atom. The van der Waals surface area contributed by atoms with Gasteiger partial charge in [0, 0.05) is 13.5 Å². The second-order valence-corrected chi connectivity index (χ2v) is 4.16. The van der Waals surface area contributed by atoms with Crippen molar-refractivity contribution in [1.82, 2.24) is 0 Å². The van der Waals surface area contributed by atoms with Crippen LogP contribution in [0.2, 0.25) is 10.0 Å². The minimum absolute atomic E-state index is 0.0713. The highest BCUT2D eigenvalue weighted by Crippen LogP contribution is 2.29. The summed E-state index contributed by atoms with van der Waals surface area (Å²) in [5.74, 6) is -0.762. The summed E-state index contributed by atoms with van der Waals surface area (Å²) in [5.41, 5.74) is 11.1. The Balaban J connectivity index is 0.000000711. The molecule has 0 bridgehead atoms. The maximum absolute atomic E-state index is 9.00. The molecule has 6 nitrogen and oxygen atoms in total. The summed E-state index contributed by atoms with van der Waals surface area (Å²) < 4.78 is 0. The maximum Gasteiger partial charge on any atom is 0.300 e. The molecule has 0 atom stereocenters. The van der Waals surface area contributed by atoms with Crippen LogP contribution in [0.3, 0.4) is 0 Å². The summed E-state index contributed by atoms with van der Waals surface area (Å²) in [4.78, 5) is 12.8. The number of hydrogen-bond acceptors (Lipinski definition) is 3. The maximum atomic E-state index is 9.00. The second kappa shape index (κ2) is 9.29. The van der Waals surface area contributed by atoms with E-state index in [0.717, 1.165) is 6.92 Å². The van der Waals surface area contributed by atoms with Crippen molar-refractivity contribution in [3.8, 4) is 0 Å². The Bertz CT molecular complexity index is 424. The number of nitrogens with two attached hydrogens (primary N) is 2. The van der Waals surface area contributed by atoms with Gasteiger partial charge >= 0.3 is 0 Å². The molecule has 0 amide bonds. The average Bonchev–Trinajstić information content (AvgIpc) is 2.26. The lowest BCUT2D eigenvalue weighted by Gasteiger charge is -2.08. The van der Waals surface area contributed by atoms with Crippen molar-refractivity contribution in [2.24, 2.45) is 16.5 Å². The van der Waals surface area contributed by atoms with Gasteiger partial charge in [-0.15, -0.1) is 0 Å². The van der Waals surface area contributed by atoms with Crippen LogP contribution in [-0.4, -0.2) is 30.1 Å². The van der Waals surface area contributed by atoms with Crippen LogP contribution in [0.1, 0.15) is 6.92 Å². The highest BCUT2D eigenvalue weighted by atomic mass is 35.5. The van der Waals surface area contributed by atoms with Crippen LogP contribution in [0, 0.1) is 0 Å². The molecule has 1 aromatic rings. The number of para-hydroxylation sites is 1. The van der Waals surface area contributed by atoms with Gasteiger partial charge in [-0.1, -0.05) is 29.3 Å². The zero-order chi connectivity index (χ0) is 14.8. The van der Waals surface area contributed by atoms with Crippen LogP contribution in [0.5, 0.6) is 0 Å². The Kier molecular flexibility index (Phi) is 8.48. The molecule has 6 N–H and O–H groups in total. The largest absolute Gasteiger partial charge is 0.481 e. The first-order chi connectivity index (χ1) is 8.84. The number of aliphatic imine (C=N–C) groups is 1. The summed E-state index contributed by atoms with van der Waals surface area (Å²) >= 11 is 11.9. The number of carboxylic acid groups (broad SMARTS) is 1. The standard InChI is InChI=1S/C9H12Cl2N4.C2H4O2/c10-6-2-1-3-7(11)8(6)14-4-5-15-9(12)13;1-2(3)4/h1-3,14H,4-5H2,(H4,12,13,15);1H3,(H,3,4). The average molecular weight is 307 g/mol. The van der Waals surface area contributed by atoms with Gasteiger partial charge < -0.3 is 21.9 Å². The van der Waals surface area contributed by atoms with Gasteiger partial charge in [0.1, 0.15) is 0 Å². The number of carboxylic acids is 1. The third kappa shape index (κ3) is 8.98. The number of hydrogen-bond donors (Lipinski definition) is 4. The number of rotatable bonds is 4. The van der Waals surface area contributed by atoms with Gasteiger partial charge in [-0.2, -0.15) is 0 Å². The summed E-state index contributed by atoms with van der Waals surface area (Å²) in [5, 5.41) is 11.6. The first kappa shape index (κ1) is 17.3. The van der Waals surface area contributed by atoms with Gasteiger partial charge in [-0.05, 0) is 12.1 Å². The Labute approximate surface area is 121 Å². The number of anilines is 1. The zero-order valence-electron chi connectivity index (χ0n) is 10.4. The van der Waals surface area contributed by atoms with E-state index in [9.17, 15) is 0 Å². The van der Waals surface area contributed by atoms with Gasteiger partial charge in [0.2, 0.25) is 0 Å². The van der Waals surface area contributed by atoms with E-state index in [4.69, 9.17) is 44.6 Å². The number of halogens is 2. The highest BCUT2D eigenvalue weighted by molar-refractivity contribution is 6.39. The summed E-state index contributed by atoms with van der Waals surface area (Å²) in [6.07, 6.45) is 0. The SMILES string of the molecule is CC(=O)O.NC(N)=NCCNc1c(Cl)cccc1Cl. The fourth-order valence-electron chi connectivity index (χ4n) is 1.03. The molecule has 0 radical (unpaired) electrons. The van der Waals surface area contributed by atoms with Crippen molar-refractivity contribution in [2.75, 3.05) is 18.4 Å². The first-order valence-electron chi connectivity index (χ1n) is 5.27. The molecule has 1 aromatic carbocycles. The van der Waals surface area contributed by atoms with E-state index >= 15 is 0 Å². The molecule has 0 heterocycles. The van der Waals surface area contributed by atoms with E-state index in [1.807, 2.05) is 0 Å². The molecule has 19 heavy (non-hydrogen) atoms. The molecule has 1 rings (SSSR count). The van der Waals surface area contributed by atoms with E-state index in [0.29, 0.717) is 28.8 Å². The topological polar surface area (TPSA) is 114 Å². The van der Waals surface area contributed by atoms with Gasteiger partial charge in [0.15, 0.2) is 5.96 Å². The van der Waals surface area contributed by atoms with E-state index in [1.165, 1.54) is 0 Å². The van der Waals surface area contributed by atoms with Crippen LogP contribution in [-0.2, 0) is 4.79 Å². The molecule has 0 aliphatic heterocycles. The minimum Gasteiger partial charge on any atom is -0.481 e. The number of nitrogens with one attached hydrogen (secondary N) is 1. The van der Waals surface area contributed by atoms with E-state index in [1.54, 1.807) is 18.2 Å². The fourth-order valence-corrected chi connectivity index (χ4v) is 1.56. The van der Waals surface area contributed by atoms with Gasteiger partial charge in [0.25, 0.3) is 5.97 Å². The van der Waals surface area contributed by atoms with E-state index in [2.05, 4.69) is 10.3 Å². The smallest absolute Gasteiger partial charge is 0.300 e. The molecule has 0 aliphatic carbocycles. The molecule has 0 spiro atoms. The van der Waals surface area contributed by atoms with Crippen molar-refractivity contribution in [2.45, 2.75) is 6.92 Å². The molecular weight excluding hydrogens is 291 g/mol. The predicted octanol–water partition coefficient (Wildman–Crippen LogP) is 1.77. The summed E-state index contributed by atoms with van der Waals surface area (Å²) in [6, 6.07) is 5.30. The third-order valence-corrected chi connectivity index (χ3v) is 2.30. The van der Waals surface area contributed by atoms with Gasteiger partial charge in [0.05, 0.1) is 22.3 Å². The highest BCUT2D eigenvalue weighted by Gasteiger charge is 2.03. The molecule has 8 heteroatoms. The lowest BCUT2D eigenvalue weighted by Crippen LogP contribution is -2.24. The monoisotopic (exact) mass is 306 g/mol. The fraction of sp³-hybridized carbons (Fsp3) is 0.273. The number of nitrogens with zero attached hydrogens (tertiary/aromatic N) is 1. The third-order valence-electron chi connectivity index (χ3n) is 1.67. The summed E-state index contributed by atoms with van der Waals surface area (Å²) in [7, 11) is 0. The van der Waals surface area contributed by atoms with Gasteiger partial charge in [-0.25, -0.2) is 0 Å². The Morgan fingerprint density at radius 3 is 2.26 bits per heavy atom. The zero-order valence-corrected chi connectivity index (χ0v) is 11.9. The molecule has 106 valence electrons. The van der Waals surface area contributed by atoms with Crippen LogP contribution in [0.4, 0.5) is 5.69 Å². The van der Waals surface area contributed by atoms with Crippen LogP contribution < -0.4 is 16.8 Å². The van der Waals surface area contributed by atoms with Crippen LogP contribution >= 0.6 is 23.2 Å². The second-order valence-electron chi connectivity index (χ2n) is 3.35. The molecule has 0 fully saturated rings. The number of carbonyl (C=O) groups is 1. The predicted molar refractivity (Wildman–Crippen MR) is 78.9 cm³/mol.